The van der Waals surface area contributed by atoms with E-state index in [2.05, 4.69) is 0 Å². The first-order valence-electron chi connectivity index (χ1n) is 6.78. The number of hydrogen-bond donors (Lipinski definition) is 1. The fraction of sp³-hybridized carbons (Fsp3) is 0.533. The van der Waals surface area contributed by atoms with Crippen LogP contribution in [0.4, 0.5) is 0 Å². The fourth-order valence-corrected chi connectivity index (χ4v) is 2.54. The van der Waals surface area contributed by atoms with Crippen molar-refractivity contribution < 1.29 is 14.6 Å². The van der Waals surface area contributed by atoms with Crippen molar-refractivity contribution in [3.63, 3.8) is 0 Å². The molecule has 1 heterocycles. The fourth-order valence-electron chi connectivity index (χ4n) is 2.54. The van der Waals surface area contributed by atoms with Crippen molar-refractivity contribution in [1.29, 1.82) is 0 Å². The summed E-state index contributed by atoms with van der Waals surface area (Å²) in [5.74, 6) is 0.974. The number of carbonyl (C=O) groups excluding carboxylic acids is 1. The van der Waals surface area contributed by atoms with Gasteiger partial charge in [0.05, 0.1) is 19.8 Å². The molecule has 4 nitrogen and oxygen atoms in total. The van der Waals surface area contributed by atoms with Crippen molar-refractivity contribution in [2.75, 3.05) is 20.3 Å². The van der Waals surface area contributed by atoms with Crippen LogP contribution in [0, 0.1) is 0 Å². The van der Waals surface area contributed by atoms with Gasteiger partial charge in [-0.15, -0.1) is 0 Å². The Balaban J connectivity index is 1.85. The van der Waals surface area contributed by atoms with Gasteiger partial charge < -0.3 is 14.7 Å². The molecule has 1 atom stereocenters. The van der Waals surface area contributed by atoms with E-state index in [1.807, 2.05) is 29.2 Å². The van der Waals surface area contributed by atoms with Gasteiger partial charge in [0.2, 0.25) is 5.91 Å². The molecule has 0 spiro atoms. The van der Waals surface area contributed by atoms with Gasteiger partial charge in [0.25, 0.3) is 0 Å². The molecular formula is C15H21NO3. The number of aliphatic hydroxyl groups is 1. The maximum absolute atomic E-state index is 12.1. The minimum Gasteiger partial charge on any atom is -0.497 e. The number of likely N-dealkylation sites (tertiary alicyclic amines) is 1. The molecule has 1 amide bonds. The predicted molar refractivity (Wildman–Crippen MR) is 73.1 cm³/mol. The molecule has 0 bridgehead atoms. The van der Waals surface area contributed by atoms with E-state index in [0.29, 0.717) is 6.42 Å². The van der Waals surface area contributed by atoms with Crippen LogP contribution in [0.3, 0.4) is 0 Å². The molecule has 2 rings (SSSR count). The Hall–Kier alpha value is -1.55. The molecular weight excluding hydrogens is 242 g/mol. The first kappa shape index (κ1) is 13.9. The Morgan fingerprint density at radius 3 is 2.79 bits per heavy atom. The van der Waals surface area contributed by atoms with Crippen molar-refractivity contribution >= 4 is 5.91 Å². The SMILES string of the molecule is COc1ccc(CCC(=O)N2CCC[C@@H]2CO)cc1. The lowest BCUT2D eigenvalue weighted by atomic mass is 10.1. The number of aryl methyl sites for hydroxylation is 1. The summed E-state index contributed by atoms with van der Waals surface area (Å²) in [5.41, 5.74) is 1.13. The molecule has 4 heteroatoms. The number of carbonyl (C=O) groups is 1. The summed E-state index contributed by atoms with van der Waals surface area (Å²) in [5, 5.41) is 9.22. The molecule has 1 aromatic carbocycles. The van der Waals surface area contributed by atoms with Crippen molar-refractivity contribution in [1.82, 2.24) is 4.90 Å². The van der Waals surface area contributed by atoms with Gasteiger partial charge in [-0.25, -0.2) is 0 Å². The molecule has 1 aliphatic heterocycles. The molecule has 0 unspecified atom stereocenters. The van der Waals surface area contributed by atoms with Gasteiger partial charge in [-0.2, -0.15) is 0 Å². The molecule has 1 saturated heterocycles. The molecule has 0 aromatic heterocycles. The van der Waals surface area contributed by atoms with E-state index < -0.39 is 0 Å². The van der Waals surface area contributed by atoms with E-state index in [9.17, 15) is 9.90 Å². The monoisotopic (exact) mass is 263 g/mol. The Kier molecular flexibility index (Phi) is 4.80. The number of ether oxygens (including phenoxy) is 1. The molecule has 1 aromatic rings. The summed E-state index contributed by atoms with van der Waals surface area (Å²) in [6.07, 6.45) is 3.16. The van der Waals surface area contributed by atoms with Crippen molar-refractivity contribution in [3.8, 4) is 5.75 Å². The molecule has 1 fully saturated rings. The number of amides is 1. The highest BCUT2D eigenvalue weighted by molar-refractivity contribution is 5.77. The average molecular weight is 263 g/mol. The quantitative estimate of drug-likeness (QED) is 0.878. The summed E-state index contributed by atoms with van der Waals surface area (Å²) in [6.45, 7) is 0.862. The smallest absolute Gasteiger partial charge is 0.223 e. The predicted octanol–water partition coefficient (Wildman–Crippen LogP) is 1.61. The summed E-state index contributed by atoms with van der Waals surface area (Å²) < 4.78 is 5.10. The second kappa shape index (κ2) is 6.57. The molecule has 0 saturated carbocycles. The molecule has 1 aliphatic rings. The largest absolute Gasteiger partial charge is 0.497 e. The van der Waals surface area contributed by atoms with E-state index in [1.54, 1.807) is 7.11 Å². The van der Waals surface area contributed by atoms with Gasteiger partial charge in [-0.05, 0) is 37.0 Å². The van der Waals surface area contributed by atoms with Crippen LogP contribution in [0.15, 0.2) is 24.3 Å². The number of hydrogen-bond acceptors (Lipinski definition) is 3. The molecule has 104 valence electrons. The maximum Gasteiger partial charge on any atom is 0.223 e. The highest BCUT2D eigenvalue weighted by atomic mass is 16.5. The second-order valence-corrected chi connectivity index (χ2v) is 4.91. The lowest BCUT2D eigenvalue weighted by Crippen LogP contribution is -2.37. The molecule has 0 radical (unpaired) electrons. The standard InChI is InChI=1S/C15H21NO3/c1-19-14-7-4-12(5-8-14)6-9-15(18)16-10-2-3-13(16)11-17/h4-5,7-8,13,17H,2-3,6,9-11H2,1H3/t13-/m1/s1. The zero-order valence-corrected chi connectivity index (χ0v) is 11.3. The Morgan fingerprint density at radius 2 is 2.16 bits per heavy atom. The third kappa shape index (κ3) is 3.47. The Bertz CT molecular complexity index is 416. The van der Waals surface area contributed by atoms with E-state index in [-0.39, 0.29) is 18.6 Å². The zero-order valence-electron chi connectivity index (χ0n) is 11.3. The maximum atomic E-state index is 12.1. The lowest BCUT2D eigenvalue weighted by molar-refractivity contribution is -0.132. The average Bonchev–Trinajstić information content (AvgIpc) is 2.93. The van der Waals surface area contributed by atoms with Crippen molar-refractivity contribution in [2.45, 2.75) is 31.7 Å². The van der Waals surface area contributed by atoms with E-state index in [1.165, 1.54) is 0 Å². The molecule has 0 aliphatic carbocycles. The van der Waals surface area contributed by atoms with Crippen LogP contribution < -0.4 is 4.74 Å². The van der Waals surface area contributed by atoms with E-state index in [4.69, 9.17) is 4.74 Å². The van der Waals surface area contributed by atoms with Gasteiger partial charge in [-0.3, -0.25) is 4.79 Å². The van der Waals surface area contributed by atoms with E-state index in [0.717, 1.165) is 37.1 Å². The number of benzene rings is 1. The topological polar surface area (TPSA) is 49.8 Å². The van der Waals surface area contributed by atoms with E-state index >= 15 is 0 Å². The number of nitrogens with zero attached hydrogens (tertiary/aromatic N) is 1. The van der Waals surface area contributed by atoms with Gasteiger partial charge in [-0.1, -0.05) is 12.1 Å². The Labute approximate surface area is 114 Å². The summed E-state index contributed by atoms with van der Waals surface area (Å²) in [7, 11) is 1.64. The lowest BCUT2D eigenvalue weighted by Gasteiger charge is -2.23. The minimum atomic E-state index is 0.0309. The minimum absolute atomic E-state index is 0.0309. The normalized spacial score (nSPS) is 18.6. The number of aliphatic hydroxyl groups excluding tert-OH is 1. The van der Waals surface area contributed by atoms with Gasteiger partial charge in [0, 0.05) is 13.0 Å². The summed E-state index contributed by atoms with van der Waals surface area (Å²) in [6, 6.07) is 7.82. The van der Waals surface area contributed by atoms with Crippen LogP contribution >= 0.6 is 0 Å². The van der Waals surface area contributed by atoms with Crippen LogP contribution in [0.25, 0.3) is 0 Å². The highest BCUT2D eigenvalue weighted by Gasteiger charge is 2.27. The third-order valence-corrected chi connectivity index (χ3v) is 3.69. The van der Waals surface area contributed by atoms with Crippen LogP contribution in [-0.2, 0) is 11.2 Å². The number of rotatable bonds is 5. The summed E-state index contributed by atoms with van der Waals surface area (Å²) in [4.78, 5) is 13.9. The summed E-state index contributed by atoms with van der Waals surface area (Å²) >= 11 is 0. The highest BCUT2D eigenvalue weighted by Crippen LogP contribution is 2.19. The zero-order chi connectivity index (χ0) is 13.7. The molecule has 19 heavy (non-hydrogen) atoms. The van der Waals surface area contributed by atoms with Gasteiger partial charge in [0.1, 0.15) is 5.75 Å². The second-order valence-electron chi connectivity index (χ2n) is 4.91. The van der Waals surface area contributed by atoms with Crippen LogP contribution in [0.2, 0.25) is 0 Å². The van der Waals surface area contributed by atoms with Crippen molar-refractivity contribution in [3.05, 3.63) is 29.8 Å². The molecule has 1 N–H and O–H groups in total. The number of methoxy groups -OCH3 is 1. The van der Waals surface area contributed by atoms with Crippen molar-refractivity contribution in [2.24, 2.45) is 0 Å². The Morgan fingerprint density at radius 1 is 1.42 bits per heavy atom. The van der Waals surface area contributed by atoms with Gasteiger partial charge >= 0.3 is 0 Å². The van der Waals surface area contributed by atoms with Crippen LogP contribution in [-0.4, -0.2) is 42.2 Å². The first-order chi connectivity index (χ1) is 9.24. The van der Waals surface area contributed by atoms with Crippen LogP contribution in [0.1, 0.15) is 24.8 Å². The third-order valence-electron chi connectivity index (χ3n) is 3.69. The van der Waals surface area contributed by atoms with Gasteiger partial charge in [0.15, 0.2) is 0 Å². The first-order valence-corrected chi connectivity index (χ1v) is 6.78. The van der Waals surface area contributed by atoms with Crippen LogP contribution in [0.5, 0.6) is 5.75 Å².